The number of fused-ring (bicyclic) bond motifs is 8. The minimum Gasteiger partial charge on any atom is -0.456 e. The van der Waals surface area contributed by atoms with Gasteiger partial charge in [-0.2, -0.15) is 0 Å². The number of nitrogens with zero attached hydrogens (tertiary/aromatic N) is 2. The van der Waals surface area contributed by atoms with Crippen LogP contribution in [0.4, 0.5) is 17.1 Å². The Hall–Kier alpha value is -6.32. The Morgan fingerprint density at radius 2 is 1.14 bits per heavy atom. The van der Waals surface area contributed by atoms with Crippen molar-refractivity contribution in [2.45, 2.75) is 12.8 Å². The predicted molar refractivity (Wildman–Crippen MR) is 206 cm³/mol. The monoisotopic (exact) mass is 628 g/mol. The van der Waals surface area contributed by atoms with Gasteiger partial charge in [-0.3, -0.25) is 0 Å². The SMILES string of the molecule is C1=c2c(n(-c3ccccc3)c3ccc(N(c4ccc(-c5ccccc5)cc4)c4ccc5oc6ccc7ccccc7c6c5c4)cc23)=CCC1. The van der Waals surface area contributed by atoms with Crippen LogP contribution < -0.4 is 15.5 Å². The number of furan rings is 1. The van der Waals surface area contributed by atoms with Gasteiger partial charge in [0.25, 0.3) is 0 Å². The first-order valence-electron chi connectivity index (χ1n) is 17.0. The first-order valence-corrected chi connectivity index (χ1v) is 17.0. The summed E-state index contributed by atoms with van der Waals surface area (Å²) in [5.74, 6) is 0. The van der Waals surface area contributed by atoms with Gasteiger partial charge in [0.05, 0.1) is 5.52 Å². The molecule has 0 N–H and O–H groups in total. The molecular weight excluding hydrogens is 597 g/mol. The third-order valence-corrected chi connectivity index (χ3v) is 9.99. The average molecular weight is 629 g/mol. The Balaban J connectivity index is 1.21. The molecule has 0 atom stereocenters. The van der Waals surface area contributed by atoms with E-state index in [1.54, 1.807) is 0 Å². The lowest BCUT2D eigenvalue weighted by Gasteiger charge is -2.26. The fourth-order valence-electron chi connectivity index (χ4n) is 7.74. The van der Waals surface area contributed by atoms with Gasteiger partial charge >= 0.3 is 0 Å². The van der Waals surface area contributed by atoms with Crippen LogP contribution in [-0.4, -0.2) is 4.57 Å². The summed E-state index contributed by atoms with van der Waals surface area (Å²) in [5, 5.41) is 8.55. The second-order valence-corrected chi connectivity index (χ2v) is 12.8. The fourth-order valence-corrected chi connectivity index (χ4v) is 7.74. The molecule has 0 unspecified atom stereocenters. The first kappa shape index (κ1) is 27.8. The molecule has 1 aliphatic rings. The smallest absolute Gasteiger partial charge is 0.136 e. The number of hydrogen-bond donors (Lipinski definition) is 0. The standard InChI is InChI=1S/C46H32N2O/c1-3-11-31(12-4-1)32-19-22-35(23-20-32)47(37-25-28-44-41(30-37)46-38-16-8-7-13-33(38)21-27-45(46)49-44)36-24-26-43-40(29-36)39-17-9-10-18-42(39)48(43)34-14-5-2-6-15-34/h1-8,11-30H,9-10H2. The van der Waals surface area contributed by atoms with E-state index >= 15 is 0 Å². The maximum absolute atomic E-state index is 6.41. The van der Waals surface area contributed by atoms with E-state index in [1.165, 1.54) is 49.1 Å². The van der Waals surface area contributed by atoms with Crippen LogP contribution in [0.15, 0.2) is 162 Å². The van der Waals surface area contributed by atoms with E-state index in [-0.39, 0.29) is 0 Å². The maximum atomic E-state index is 6.41. The highest BCUT2D eigenvalue weighted by molar-refractivity contribution is 6.19. The van der Waals surface area contributed by atoms with Gasteiger partial charge in [0, 0.05) is 49.5 Å². The van der Waals surface area contributed by atoms with Crippen molar-refractivity contribution in [3.63, 3.8) is 0 Å². The summed E-state index contributed by atoms with van der Waals surface area (Å²) in [6.07, 6.45) is 6.91. The minimum atomic E-state index is 0.893. The molecule has 0 aliphatic heterocycles. The van der Waals surface area contributed by atoms with Crippen molar-refractivity contribution in [3.05, 3.63) is 168 Å². The summed E-state index contributed by atoms with van der Waals surface area (Å²) in [6, 6.07) is 56.6. The number of rotatable bonds is 5. The predicted octanol–water partition coefficient (Wildman–Crippen LogP) is 11.2. The van der Waals surface area contributed by atoms with Crippen LogP contribution in [0.25, 0.3) is 72.6 Å². The molecule has 0 bridgehead atoms. The lowest BCUT2D eigenvalue weighted by Crippen LogP contribution is -2.30. The van der Waals surface area contributed by atoms with Gasteiger partial charge in [0.15, 0.2) is 0 Å². The van der Waals surface area contributed by atoms with Gasteiger partial charge in [0.2, 0.25) is 0 Å². The molecule has 3 nitrogen and oxygen atoms in total. The molecule has 0 amide bonds. The Bertz CT molecular complexity index is 2810. The van der Waals surface area contributed by atoms with Crippen LogP contribution >= 0.6 is 0 Å². The van der Waals surface area contributed by atoms with Crippen LogP contribution in [0.3, 0.4) is 0 Å². The van der Waals surface area contributed by atoms with Gasteiger partial charge in [-0.05, 0) is 101 Å². The van der Waals surface area contributed by atoms with E-state index < -0.39 is 0 Å². The van der Waals surface area contributed by atoms with Crippen LogP contribution in [0.5, 0.6) is 0 Å². The molecule has 232 valence electrons. The second-order valence-electron chi connectivity index (χ2n) is 12.8. The van der Waals surface area contributed by atoms with Gasteiger partial charge < -0.3 is 13.9 Å². The third kappa shape index (κ3) is 4.51. The van der Waals surface area contributed by atoms with Gasteiger partial charge in [-0.1, -0.05) is 103 Å². The van der Waals surface area contributed by atoms with Crippen LogP contribution in [0.1, 0.15) is 12.8 Å². The highest BCUT2D eigenvalue weighted by atomic mass is 16.3. The number of para-hydroxylation sites is 1. The highest BCUT2D eigenvalue weighted by Crippen LogP contribution is 2.41. The second kappa shape index (κ2) is 11.1. The molecule has 0 saturated carbocycles. The van der Waals surface area contributed by atoms with Gasteiger partial charge in [-0.25, -0.2) is 0 Å². The first-order chi connectivity index (χ1) is 24.3. The van der Waals surface area contributed by atoms with E-state index in [2.05, 4.69) is 179 Å². The largest absolute Gasteiger partial charge is 0.456 e. The summed E-state index contributed by atoms with van der Waals surface area (Å²) < 4.78 is 8.82. The molecule has 49 heavy (non-hydrogen) atoms. The zero-order valence-corrected chi connectivity index (χ0v) is 26.9. The van der Waals surface area contributed by atoms with E-state index in [9.17, 15) is 0 Å². The van der Waals surface area contributed by atoms with Crippen LogP contribution in [0.2, 0.25) is 0 Å². The Morgan fingerprint density at radius 3 is 1.98 bits per heavy atom. The molecule has 2 aromatic heterocycles. The summed E-state index contributed by atoms with van der Waals surface area (Å²) in [7, 11) is 0. The molecule has 10 rings (SSSR count). The molecule has 7 aromatic carbocycles. The van der Waals surface area contributed by atoms with Crippen molar-refractivity contribution in [3.8, 4) is 16.8 Å². The molecule has 0 saturated heterocycles. The summed E-state index contributed by atoms with van der Waals surface area (Å²) in [6.45, 7) is 0. The molecular formula is C46H32N2O. The van der Waals surface area contributed by atoms with E-state index in [0.717, 1.165) is 51.8 Å². The zero-order valence-electron chi connectivity index (χ0n) is 26.9. The topological polar surface area (TPSA) is 21.3 Å². The number of hydrogen-bond acceptors (Lipinski definition) is 2. The van der Waals surface area contributed by atoms with E-state index in [0.29, 0.717) is 0 Å². The van der Waals surface area contributed by atoms with Crippen molar-refractivity contribution >= 4 is 72.8 Å². The summed E-state index contributed by atoms with van der Waals surface area (Å²) >= 11 is 0. The summed E-state index contributed by atoms with van der Waals surface area (Å²) in [5.41, 5.74) is 9.91. The lowest BCUT2D eigenvalue weighted by atomic mass is 10.0. The molecule has 0 spiro atoms. The number of benzene rings is 7. The number of aromatic nitrogens is 1. The molecule has 0 fully saturated rings. The highest BCUT2D eigenvalue weighted by Gasteiger charge is 2.19. The van der Waals surface area contributed by atoms with Crippen LogP contribution in [-0.2, 0) is 0 Å². The van der Waals surface area contributed by atoms with Crippen LogP contribution in [0, 0.1) is 0 Å². The Morgan fingerprint density at radius 1 is 0.490 bits per heavy atom. The van der Waals surface area contributed by atoms with Crippen molar-refractivity contribution in [1.29, 1.82) is 0 Å². The summed E-state index contributed by atoms with van der Waals surface area (Å²) in [4.78, 5) is 2.39. The van der Waals surface area contributed by atoms with E-state index in [1.807, 2.05) is 0 Å². The van der Waals surface area contributed by atoms with Crippen molar-refractivity contribution in [2.24, 2.45) is 0 Å². The Labute approximate surface area is 283 Å². The quantitative estimate of drug-likeness (QED) is 0.189. The molecule has 1 aliphatic carbocycles. The molecule has 9 aromatic rings. The van der Waals surface area contributed by atoms with Crippen molar-refractivity contribution in [1.82, 2.24) is 4.57 Å². The van der Waals surface area contributed by atoms with Gasteiger partial charge in [-0.15, -0.1) is 0 Å². The zero-order chi connectivity index (χ0) is 32.3. The number of anilines is 3. The molecule has 2 heterocycles. The molecule has 0 radical (unpaired) electrons. The van der Waals surface area contributed by atoms with E-state index in [4.69, 9.17) is 4.42 Å². The fraction of sp³-hybridized carbons (Fsp3) is 0.0435. The normalized spacial score (nSPS) is 12.7. The average Bonchev–Trinajstić information content (AvgIpc) is 3.71. The Kier molecular flexibility index (Phi) is 6.31. The van der Waals surface area contributed by atoms with Crippen molar-refractivity contribution < 1.29 is 4.42 Å². The minimum absolute atomic E-state index is 0.893. The third-order valence-electron chi connectivity index (χ3n) is 9.99. The van der Waals surface area contributed by atoms with Gasteiger partial charge in [0.1, 0.15) is 11.2 Å². The van der Waals surface area contributed by atoms with Crippen molar-refractivity contribution in [2.75, 3.05) is 4.90 Å². The maximum Gasteiger partial charge on any atom is 0.136 e. The molecule has 3 heteroatoms. The lowest BCUT2D eigenvalue weighted by molar-refractivity contribution is 0.669.